The molecule has 0 aliphatic carbocycles. The Hall–Kier alpha value is -3.02. The minimum Gasteiger partial charge on any atom is -0.447 e. The van der Waals surface area contributed by atoms with Crippen molar-refractivity contribution in [3.05, 3.63) is 42.1 Å². The molecule has 1 aliphatic rings. The molecule has 1 aliphatic heterocycles. The summed E-state index contributed by atoms with van der Waals surface area (Å²) >= 11 is 0. The fourth-order valence-electron chi connectivity index (χ4n) is 2.99. The number of H-pyrrole nitrogens is 1. The van der Waals surface area contributed by atoms with Gasteiger partial charge in [0.25, 0.3) is 0 Å². The van der Waals surface area contributed by atoms with Gasteiger partial charge in [0.05, 0.1) is 12.2 Å². The average Bonchev–Trinajstić information content (AvgIpc) is 3.15. The molecule has 0 radical (unpaired) electrons. The van der Waals surface area contributed by atoms with Crippen LogP contribution in [-0.2, 0) is 4.74 Å². The zero-order valence-electron chi connectivity index (χ0n) is 12.7. The molecular weight excluding hydrogens is 292 g/mol. The summed E-state index contributed by atoms with van der Waals surface area (Å²) in [6.45, 7) is 2.98. The molecule has 0 unspecified atom stereocenters. The molecule has 6 heteroatoms. The molecule has 1 aromatic carbocycles. The number of anilines is 2. The Morgan fingerprint density at radius 2 is 2.13 bits per heavy atom. The fourth-order valence-corrected chi connectivity index (χ4v) is 2.99. The van der Waals surface area contributed by atoms with Crippen molar-refractivity contribution in [1.82, 2.24) is 9.97 Å². The summed E-state index contributed by atoms with van der Waals surface area (Å²) in [5, 5.41) is 0.971. The molecule has 6 nitrogen and oxygen atoms in total. The van der Waals surface area contributed by atoms with Crippen LogP contribution in [0.3, 0.4) is 0 Å². The van der Waals surface area contributed by atoms with Gasteiger partial charge in [0, 0.05) is 17.1 Å². The van der Waals surface area contributed by atoms with Gasteiger partial charge in [-0.2, -0.15) is 0 Å². The van der Waals surface area contributed by atoms with E-state index in [1.54, 1.807) is 4.90 Å². The lowest BCUT2D eigenvalue weighted by Gasteiger charge is -2.19. The number of cyclic esters (lactones) is 1. The number of fused-ring (bicyclic) bond motifs is 1. The predicted octanol–water partition coefficient (Wildman–Crippen LogP) is 3.08. The largest absolute Gasteiger partial charge is 0.447 e. The molecule has 2 aromatic heterocycles. The van der Waals surface area contributed by atoms with Crippen molar-refractivity contribution in [2.45, 2.75) is 6.92 Å². The van der Waals surface area contributed by atoms with Crippen LogP contribution in [0.1, 0.15) is 5.56 Å². The Morgan fingerprint density at radius 3 is 2.91 bits per heavy atom. The van der Waals surface area contributed by atoms with E-state index in [2.05, 4.69) is 16.0 Å². The number of ether oxygens (including phenoxy) is 1. The van der Waals surface area contributed by atoms with E-state index in [0.717, 1.165) is 33.4 Å². The Balaban J connectivity index is 1.98. The van der Waals surface area contributed by atoms with Crippen LogP contribution in [0.15, 0.2) is 36.5 Å². The molecule has 3 N–H and O–H groups in total. The first-order valence-electron chi connectivity index (χ1n) is 7.42. The van der Waals surface area contributed by atoms with E-state index in [1.807, 2.05) is 37.4 Å². The molecule has 3 heterocycles. The summed E-state index contributed by atoms with van der Waals surface area (Å²) in [6.07, 6.45) is 1.52. The highest BCUT2D eigenvalue weighted by molar-refractivity contribution is 6.02. The highest BCUT2D eigenvalue weighted by atomic mass is 16.6. The smallest absolute Gasteiger partial charge is 0.414 e. The maximum atomic E-state index is 12.0. The number of benzene rings is 1. The van der Waals surface area contributed by atoms with Crippen molar-refractivity contribution in [3.63, 3.8) is 0 Å². The number of nitrogens with one attached hydrogen (secondary N) is 1. The number of nitrogen functional groups attached to an aromatic ring is 1. The quantitative estimate of drug-likeness (QED) is 0.762. The van der Waals surface area contributed by atoms with Crippen molar-refractivity contribution in [2.75, 3.05) is 23.8 Å². The molecular formula is C17H16N4O2. The number of aryl methyl sites for hydroxylation is 1. The van der Waals surface area contributed by atoms with Crippen molar-refractivity contribution < 1.29 is 9.53 Å². The number of hydrogen-bond acceptors (Lipinski definition) is 4. The van der Waals surface area contributed by atoms with Crippen LogP contribution in [0, 0.1) is 6.92 Å². The Bertz CT molecular complexity index is 916. The van der Waals surface area contributed by atoms with Crippen molar-refractivity contribution in [2.24, 2.45) is 0 Å². The summed E-state index contributed by atoms with van der Waals surface area (Å²) < 4.78 is 5.08. The predicted molar refractivity (Wildman–Crippen MR) is 89.4 cm³/mol. The van der Waals surface area contributed by atoms with Gasteiger partial charge in [-0.1, -0.05) is 11.6 Å². The van der Waals surface area contributed by atoms with Crippen LogP contribution in [0.5, 0.6) is 0 Å². The lowest BCUT2D eigenvalue weighted by molar-refractivity contribution is 0.181. The minimum absolute atomic E-state index is 0.317. The van der Waals surface area contributed by atoms with Crippen molar-refractivity contribution in [3.8, 4) is 11.1 Å². The summed E-state index contributed by atoms with van der Waals surface area (Å²) in [4.78, 5) is 21.0. The molecule has 1 fully saturated rings. The van der Waals surface area contributed by atoms with E-state index in [1.165, 1.54) is 0 Å². The van der Waals surface area contributed by atoms with Crippen molar-refractivity contribution in [1.29, 1.82) is 0 Å². The number of aromatic amines is 1. The van der Waals surface area contributed by atoms with Gasteiger partial charge in [-0.05, 0) is 36.8 Å². The van der Waals surface area contributed by atoms with Crippen LogP contribution >= 0.6 is 0 Å². The number of hydrogen-bond donors (Lipinski definition) is 2. The molecule has 116 valence electrons. The number of nitrogens with zero attached hydrogens (tertiary/aromatic N) is 2. The number of carbonyl (C=O) groups is 1. The molecule has 4 rings (SSSR count). The highest BCUT2D eigenvalue weighted by Crippen LogP contribution is 2.37. The van der Waals surface area contributed by atoms with E-state index in [0.29, 0.717) is 19.0 Å². The van der Waals surface area contributed by atoms with Crippen LogP contribution < -0.4 is 10.6 Å². The second-order valence-corrected chi connectivity index (χ2v) is 5.62. The van der Waals surface area contributed by atoms with Crippen LogP contribution in [0.2, 0.25) is 0 Å². The molecule has 1 saturated heterocycles. The first-order chi connectivity index (χ1) is 11.1. The molecule has 0 bridgehead atoms. The highest BCUT2D eigenvalue weighted by Gasteiger charge is 2.26. The van der Waals surface area contributed by atoms with Gasteiger partial charge in [0.15, 0.2) is 0 Å². The van der Waals surface area contributed by atoms with Gasteiger partial charge < -0.3 is 15.5 Å². The zero-order chi connectivity index (χ0) is 16.0. The first kappa shape index (κ1) is 13.6. The number of amides is 1. The summed E-state index contributed by atoms with van der Waals surface area (Å²) in [7, 11) is 0. The van der Waals surface area contributed by atoms with E-state index in [4.69, 9.17) is 10.5 Å². The van der Waals surface area contributed by atoms with Gasteiger partial charge >= 0.3 is 6.09 Å². The summed E-state index contributed by atoms with van der Waals surface area (Å²) in [6, 6.07) is 9.80. The van der Waals surface area contributed by atoms with Gasteiger partial charge in [-0.3, -0.25) is 4.90 Å². The van der Waals surface area contributed by atoms with Crippen LogP contribution in [-0.4, -0.2) is 29.2 Å². The maximum Gasteiger partial charge on any atom is 0.414 e. The number of carbonyl (C=O) groups excluding carboxylic acids is 1. The third kappa shape index (κ3) is 2.19. The second-order valence-electron chi connectivity index (χ2n) is 5.62. The zero-order valence-corrected chi connectivity index (χ0v) is 12.7. The summed E-state index contributed by atoms with van der Waals surface area (Å²) in [5.41, 5.74) is 10.5. The van der Waals surface area contributed by atoms with Gasteiger partial charge in [0.1, 0.15) is 18.1 Å². The molecule has 23 heavy (non-hydrogen) atoms. The monoisotopic (exact) mass is 308 g/mol. The molecule has 0 saturated carbocycles. The van der Waals surface area contributed by atoms with Gasteiger partial charge in [-0.25, -0.2) is 9.78 Å². The molecule has 3 aromatic rings. The average molecular weight is 308 g/mol. The second kappa shape index (κ2) is 5.01. The van der Waals surface area contributed by atoms with Gasteiger partial charge in [0.2, 0.25) is 0 Å². The topological polar surface area (TPSA) is 84.2 Å². The molecule has 0 spiro atoms. The standard InChI is InChI=1S/C17H16N4O2/c1-10-2-3-14(21-6-7-23-17(21)22)13(8-10)12-9-15(18)20-16-11(12)4-5-19-16/h2-5,8-9H,6-7H2,1H3,(H3,18,19,20). The molecule has 1 amide bonds. The molecule has 0 atom stereocenters. The lowest BCUT2D eigenvalue weighted by atomic mass is 9.99. The Morgan fingerprint density at radius 1 is 1.26 bits per heavy atom. The Labute approximate surface area is 132 Å². The third-order valence-electron chi connectivity index (χ3n) is 4.04. The fraction of sp³-hybridized carbons (Fsp3) is 0.176. The lowest BCUT2D eigenvalue weighted by Crippen LogP contribution is -2.24. The normalized spacial score (nSPS) is 14.5. The van der Waals surface area contributed by atoms with Crippen molar-refractivity contribution >= 4 is 28.6 Å². The number of rotatable bonds is 2. The van der Waals surface area contributed by atoms with Crippen LogP contribution in [0.25, 0.3) is 22.2 Å². The number of nitrogens with two attached hydrogens (primary N) is 1. The third-order valence-corrected chi connectivity index (χ3v) is 4.04. The minimum atomic E-state index is -0.317. The maximum absolute atomic E-state index is 12.0. The Kier molecular flexibility index (Phi) is 2.97. The van der Waals surface area contributed by atoms with E-state index in [9.17, 15) is 4.79 Å². The van der Waals surface area contributed by atoms with E-state index in [-0.39, 0.29) is 6.09 Å². The van der Waals surface area contributed by atoms with Crippen LogP contribution in [0.4, 0.5) is 16.3 Å². The van der Waals surface area contributed by atoms with E-state index >= 15 is 0 Å². The number of pyridine rings is 1. The van der Waals surface area contributed by atoms with Gasteiger partial charge in [-0.15, -0.1) is 0 Å². The number of aromatic nitrogens is 2. The first-order valence-corrected chi connectivity index (χ1v) is 7.42. The van der Waals surface area contributed by atoms with E-state index < -0.39 is 0 Å². The summed E-state index contributed by atoms with van der Waals surface area (Å²) in [5.74, 6) is 0.436. The SMILES string of the molecule is Cc1ccc(N2CCOC2=O)c(-c2cc(N)nc3[nH]ccc23)c1.